The molecule has 0 bridgehead atoms. The normalized spacial score (nSPS) is 37.1. The van der Waals surface area contributed by atoms with Crippen LogP contribution in [0.3, 0.4) is 0 Å². The van der Waals surface area contributed by atoms with E-state index in [1.165, 1.54) is 5.56 Å². The van der Waals surface area contributed by atoms with Gasteiger partial charge < -0.3 is 0 Å². The first-order valence-electron chi connectivity index (χ1n) is 5.04. The van der Waals surface area contributed by atoms with Crippen molar-refractivity contribution in [2.45, 2.75) is 5.41 Å². The summed E-state index contributed by atoms with van der Waals surface area (Å²) < 4.78 is 1.08. The summed E-state index contributed by atoms with van der Waals surface area (Å²) in [5.74, 6) is 3.53. The molecule has 1 saturated heterocycles. The van der Waals surface area contributed by atoms with Gasteiger partial charge in [-0.25, -0.2) is 0 Å². The number of fused-ring (bicyclic) bond motifs is 1. The van der Waals surface area contributed by atoms with E-state index in [-0.39, 0.29) is 5.41 Å². The predicted molar refractivity (Wildman–Crippen MR) is 65.7 cm³/mol. The molecule has 3 rings (SSSR count). The molecule has 2 aliphatic rings. The highest BCUT2D eigenvalue weighted by molar-refractivity contribution is 9.10. The summed E-state index contributed by atoms with van der Waals surface area (Å²) in [7, 11) is 0. The van der Waals surface area contributed by atoms with Crippen LogP contribution in [0.4, 0.5) is 0 Å². The molecule has 1 aliphatic carbocycles. The molecule has 0 spiro atoms. The highest BCUT2D eigenvalue weighted by Gasteiger charge is 2.68. The summed E-state index contributed by atoms with van der Waals surface area (Å²) in [6.07, 6.45) is 0. The fourth-order valence-electron chi connectivity index (χ4n) is 2.74. The lowest BCUT2D eigenvalue weighted by Crippen LogP contribution is -2.12. The lowest BCUT2D eigenvalue weighted by atomic mass is 9.93. The van der Waals surface area contributed by atoms with Gasteiger partial charge in [-0.15, -0.1) is 0 Å². The zero-order chi connectivity index (χ0) is 10.5. The first-order valence-corrected chi connectivity index (χ1v) is 6.99. The molecule has 15 heavy (non-hydrogen) atoms. The quantitative estimate of drug-likeness (QED) is 0.788. The van der Waals surface area contributed by atoms with Gasteiger partial charge in [-0.3, -0.25) is 0 Å². The second-order valence-electron chi connectivity index (χ2n) is 4.24. The van der Waals surface area contributed by atoms with Gasteiger partial charge in [0.1, 0.15) is 0 Å². The predicted octanol–water partition coefficient (Wildman–Crippen LogP) is 3.20. The molecule has 1 unspecified atom stereocenters. The van der Waals surface area contributed by atoms with Gasteiger partial charge in [-0.1, -0.05) is 28.1 Å². The molecule has 1 aromatic rings. The Balaban J connectivity index is 2.00. The first kappa shape index (κ1) is 9.74. The lowest BCUT2D eigenvalue weighted by Gasteiger charge is -2.12. The summed E-state index contributed by atoms with van der Waals surface area (Å²) in [5.41, 5.74) is 1.06. The van der Waals surface area contributed by atoms with Crippen LogP contribution in [0.5, 0.6) is 0 Å². The van der Waals surface area contributed by atoms with Crippen LogP contribution in [0.15, 0.2) is 28.7 Å². The van der Waals surface area contributed by atoms with Crippen molar-refractivity contribution in [3.8, 4) is 6.07 Å². The smallest absolute Gasteiger partial charge is 0.0901 e. The van der Waals surface area contributed by atoms with Gasteiger partial charge in [0, 0.05) is 4.47 Å². The minimum Gasteiger partial charge on any atom is -0.197 e. The second kappa shape index (κ2) is 3.26. The minimum atomic E-state index is -0.147. The van der Waals surface area contributed by atoms with Crippen molar-refractivity contribution in [3.63, 3.8) is 0 Å². The Bertz CT molecular complexity index is 424. The first-order chi connectivity index (χ1) is 7.29. The molecule has 0 N–H and O–H groups in total. The van der Waals surface area contributed by atoms with Crippen LogP contribution >= 0.6 is 27.7 Å². The molecule has 0 radical (unpaired) electrons. The molecule has 1 nitrogen and oxygen atoms in total. The van der Waals surface area contributed by atoms with Gasteiger partial charge in [0.05, 0.1) is 11.5 Å². The molecule has 1 aliphatic heterocycles. The summed E-state index contributed by atoms with van der Waals surface area (Å²) in [6, 6.07) is 10.8. The van der Waals surface area contributed by atoms with E-state index in [2.05, 4.69) is 34.1 Å². The number of hydrogen-bond acceptors (Lipinski definition) is 2. The monoisotopic (exact) mass is 279 g/mol. The largest absolute Gasteiger partial charge is 0.197 e. The van der Waals surface area contributed by atoms with Crippen LogP contribution in [0, 0.1) is 23.2 Å². The van der Waals surface area contributed by atoms with Crippen molar-refractivity contribution in [1.82, 2.24) is 0 Å². The molecule has 3 atom stereocenters. The van der Waals surface area contributed by atoms with E-state index in [1.807, 2.05) is 23.9 Å². The molecule has 1 heterocycles. The van der Waals surface area contributed by atoms with Gasteiger partial charge in [-0.05, 0) is 41.0 Å². The van der Waals surface area contributed by atoms with Crippen LogP contribution < -0.4 is 0 Å². The molecule has 2 fully saturated rings. The number of nitriles is 1. The zero-order valence-corrected chi connectivity index (χ0v) is 10.5. The second-order valence-corrected chi connectivity index (χ2v) is 6.23. The number of halogens is 1. The molecule has 76 valence electrons. The van der Waals surface area contributed by atoms with Gasteiger partial charge in [0.25, 0.3) is 0 Å². The van der Waals surface area contributed by atoms with Crippen molar-refractivity contribution in [2.24, 2.45) is 11.8 Å². The summed E-state index contributed by atoms with van der Waals surface area (Å²) in [6.45, 7) is 0. The molecule has 0 amide bonds. The number of nitrogens with zero attached hydrogens (tertiary/aromatic N) is 1. The third kappa shape index (κ3) is 1.21. The van der Waals surface area contributed by atoms with Crippen molar-refractivity contribution in [2.75, 3.05) is 11.5 Å². The van der Waals surface area contributed by atoms with E-state index < -0.39 is 0 Å². The average molecular weight is 280 g/mol. The van der Waals surface area contributed by atoms with E-state index in [1.54, 1.807) is 0 Å². The highest BCUT2D eigenvalue weighted by atomic mass is 79.9. The zero-order valence-electron chi connectivity index (χ0n) is 8.11. The Labute approximate surface area is 102 Å². The molecule has 1 aromatic carbocycles. The average Bonchev–Trinajstić information content (AvgIpc) is 2.65. The number of thioether (sulfide) groups is 1. The molecule has 1 saturated carbocycles. The van der Waals surface area contributed by atoms with Crippen LogP contribution in [0.1, 0.15) is 5.56 Å². The van der Waals surface area contributed by atoms with Gasteiger partial charge in [0.2, 0.25) is 0 Å². The maximum absolute atomic E-state index is 9.41. The highest BCUT2D eigenvalue weighted by Crippen LogP contribution is 2.65. The maximum atomic E-state index is 9.41. The summed E-state index contributed by atoms with van der Waals surface area (Å²) in [4.78, 5) is 0. The molecule has 3 heteroatoms. The van der Waals surface area contributed by atoms with Crippen LogP contribution in [-0.4, -0.2) is 11.5 Å². The Hall–Kier alpha value is -0.460. The summed E-state index contributed by atoms with van der Waals surface area (Å²) >= 11 is 5.42. The third-order valence-electron chi connectivity index (χ3n) is 3.65. The molecular weight excluding hydrogens is 270 g/mol. The SMILES string of the molecule is N#CC1(c2ccc(Br)cc2)[C@@H]2CSC[C@@H]21. The topological polar surface area (TPSA) is 23.8 Å². The number of hydrogen-bond donors (Lipinski definition) is 0. The standard InChI is InChI=1S/C12H10BrNS/c13-9-3-1-8(2-4-9)12(7-14)10-5-15-6-11(10)12/h1-4,10-11H,5-6H2/t10-,11+,12?. The van der Waals surface area contributed by atoms with E-state index in [4.69, 9.17) is 0 Å². The molecular formula is C12H10BrNS. The van der Waals surface area contributed by atoms with Crippen molar-refractivity contribution in [3.05, 3.63) is 34.3 Å². The maximum Gasteiger partial charge on any atom is 0.0901 e. The fraction of sp³-hybridized carbons (Fsp3) is 0.417. The van der Waals surface area contributed by atoms with Gasteiger partial charge in [-0.2, -0.15) is 17.0 Å². The van der Waals surface area contributed by atoms with Crippen LogP contribution in [0.25, 0.3) is 0 Å². The van der Waals surface area contributed by atoms with E-state index in [9.17, 15) is 5.26 Å². The lowest BCUT2D eigenvalue weighted by molar-refractivity contribution is 0.777. The van der Waals surface area contributed by atoms with Crippen molar-refractivity contribution < 1.29 is 0 Å². The Morgan fingerprint density at radius 2 is 1.87 bits per heavy atom. The number of rotatable bonds is 1. The van der Waals surface area contributed by atoms with Gasteiger partial charge in [0.15, 0.2) is 0 Å². The Kier molecular flexibility index (Phi) is 2.12. The van der Waals surface area contributed by atoms with E-state index in [0.29, 0.717) is 11.8 Å². The van der Waals surface area contributed by atoms with E-state index >= 15 is 0 Å². The van der Waals surface area contributed by atoms with Crippen LogP contribution in [-0.2, 0) is 5.41 Å². The Morgan fingerprint density at radius 1 is 1.27 bits per heavy atom. The van der Waals surface area contributed by atoms with Crippen LogP contribution in [0.2, 0.25) is 0 Å². The molecule has 0 aromatic heterocycles. The minimum absolute atomic E-state index is 0.147. The number of benzene rings is 1. The van der Waals surface area contributed by atoms with Crippen molar-refractivity contribution in [1.29, 1.82) is 5.26 Å². The third-order valence-corrected chi connectivity index (χ3v) is 5.37. The van der Waals surface area contributed by atoms with Gasteiger partial charge >= 0.3 is 0 Å². The summed E-state index contributed by atoms with van der Waals surface area (Å²) in [5, 5.41) is 9.41. The van der Waals surface area contributed by atoms with E-state index in [0.717, 1.165) is 16.0 Å². The fourth-order valence-corrected chi connectivity index (χ4v) is 4.64. The van der Waals surface area contributed by atoms with Crippen molar-refractivity contribution >= 4 is 27.7 Å². The Morgan fingerprint density at radius 3 is 2.40 bits per heavy atom.